The van der Waals surface area contributed by atoms with Crippen molar-refractivity contribution in [1.82, 2.24) is 30.4 Å². The number of hydrogen-bond acceptors (Lipinski definition) is 9. The van der Waals surface area contributed by atoms with Crippen molar-refractivity contribution in [3.05, 3.63) is 51.7 Å². The number of aromatic nitrogens is 2. The van der Waals surface area contributed by atoms with Crippen LogP contribution in [-0.4, -0.2) is 83.0 Å². The number of nitrogens with zero attached hydrogens (tertiary/aromatic N) is 4. The maximum Gasteiger partial charge on any atom is 0.317 e. The summed E-state index contributed by atoms with van der Waals surface area (Å²) < 4.78 is 5.47. The number of pyridine rings is 1. The first-order chi connectivity index (χ1) is 18.8. The molecule has 0 spiro atoms. The summed E-state index contributed by atoms with van der Waals surface area (Å²) in [5.41, 5.74) is 2.21. The van der Waals surface area contributed by atoms with Crippen molar-refractivity contribution in [2.45, 2.75) is 31.0 Å². The van der Waals surface area contributed by atoms with Crippen molar-refractivity contribution < 1.29 is 23.9 Å². The number of carbonyl (C=O) groups is 4. The fourth-order valence-electron chi connectivity index (χ4n) is 3.84. The van der Waals surface area contributed by atoms with Crippen LogP contribution in [0.15, 0.2) is 40.5 Å². The van der Waals surface area contributed by atoms with Crippen LogP contribution in [0, 0.1) is 0 Å². The molecular formula is C25H27N7O5S2. The minimum atomic E-state index is -0.963. The summed E-state index contributed by atoms with van der Waals surface area (Å²) in [6.45, 7) is -0.0666. The molecule has 3 aromatic rings. The van der Waals surface area contributed by atoms with Gasteiger partial charge in [0.25, 0.3) is 17.7 Å². The predicted molar refractivity (Wildman–Crippen MR) is 145 cm³/mol. The summed E-state index contributed by atoms with van der Waals surface area (Å²) in [7, 11) is 3.16. The van der Waals surface area contributed by atoms with Crippen LogP contribution in [0.4, 0.5) is 9.93 Å². The molecule has 1 saturated carbocycles. The molecule has 2 unspecified atom stereocenters. The molecule has 2 aliphatic rings. The largest absolute Gasteiger partial charge is 0.358 e. The highest BCUT2D eigenvalue weighted by Crippen LogP contribution is 2.26. The van der Waals surface area contributed by atoms with Crippen LogP contribution in [-0.2, 0) is 14.3 Å². The second-order valence-corrected chi connectivity index (χ2v) is 11.0. The number of amides is 5. The summed E-state index contributed by atoms with van der Waals surface area (Å²) >= 11 is 2.62. The third-order valence-electron chi connectivity index (χ3n) is 6.20. The first kappa shape index (κ1) is 26.7. The Bertz CT molecular complexity index is 1360. The van der Waals surface area contributed by atoms with Gasteiger partial charge in [0.1, 0.15) is 24.5 Å². The topological polar surface area (TPSA) is 146 Å². The van der Waals surface area contributed by atoms with Gasteiger partial charge < -0.3 is 30.5 Å². The molecule has 12 nitrogen and oxygen atoms in total. The minimum Gasteiger partial charge on any atom is -0.358 e. The molecule has 4 heterocycles. The van der Waals surface area contributed by atoms with E-state index in [4.69, 9.17) is 4.74 Å². The van der Waals surface area contributed by atoms with E-state index in [1.807, 2.05) is 5.38 Å². The van der Waals surface area contributed by atoms with Crippen molar-refractivity contribution in [2.24, 2.45) is 0 Å². The third kappa shape index (κ3) is 6.24. The van der Waals surface area contributed by atoms with E-state index in [1.54, 1.807) is 43.1 Å². The second-order valence-electron chi connectivity index (χ2n) is 9.36. The zero-order valence-corrected chi connectivity index (χ0v) is 22.9. The SMILES string of the molecule is CN(C)C(=O)NC(C(=O)N1COCC1C(=O)Nc1nc(-c2ccc(C(=O)NC3CC3)cn2)cs1)c1ccsc1. The molecule has 3 N–H and O–H groups in total. The van der Waals surface area contributed by atoms with E-state index in [9.17, 15) is 19.2 Å². The highest BCUT2D eigenvalue weighted by molar-refractivity contribution is 7.14. The first-order valence-corrected chi connectivity index (χ1v) is 14.0. The normalized spacial score (nSPS) is 17.4. The molecule has 1 aliphatic heterocycles. The fourth-order valence-corrected chi connectivity index (χ4v) is 5.23. The van der Waals surface area contributed by atoms with Crippen LogP contribution in [0.25, 0.3) is 11.4 Å². The Labute approximate surface area is 232 Å². The van der Waals surface area contributed by atoms with Gasteiger partial charge in [-0.1, -0.05) is 0 Å². The Morgan fingerprint density at radius 2 is 1.95 bits per heavy atom. The summed E-state index contributed by atoms with van der Waals surface area (Å²) in [5.74, 6) is -1.05. The summed E-state index contributed by atoms with van der Waals surface area (Å²) in [5, 5.41) is 14.1. The van der Waals surface area contributed by atoms with Gasteiger partial charge in [0.15, 0.2) is 5.13 Å². The molecule has 5 amide bonds. The van der Waals surface area contributed by atoms with Gasteiger partial charge >= 0.3 is 6.03 Å². The Hall–Kier alpha value is -3.88. The zero-order valence-electron chi connectivity index (χ0n) is 21.2. The standard InChI is InChI=1S/C25H27N7O5S2/c1-31(2)25(36)29-20(15-7-8-38-11-15)23(35)32-13-37-10-19(32)22(34)30-24-28-18(12-39-24)17-6-3-14(9-26-17)21(33)27-16-4-5-16/h3,6-9,11-12,16,19-20H,4-5,10,13H2,1-2H3,(H,27,33)(H,29,36)(H,28,30,34). The van der Waals surface area contributed by atoms with Crippen molar-refractivity contribution in [2.75, 3.05) is 32.7 Å². The quantitative estimate of drug-likeness (QED) is 0.377. The molecule has 1 saturated heterocycles. The number of nitrogens with one attached hydrogen (secondary N) is 3. The molecule has 204 valence electrons. The average molecular weight is 570 g/mol. The number of anilines is 1. The van der Waals surface area contributed by atoms with Gasteiger partial charge in [0.05, 0.1) is 17.9 Å². The van der Waals surface area contributed by atoms with Gasteiger partial charge in [-0.15, -0.1) is 11.3 Å². The molecule has 2 fully saturated rings. The molecule has 0 aromatic carbocycles. The summed E-state index contributed by atoms with van der Waals surface area (Å²) in [6, 6.07) is 3.13. The van der Waals surface area contributed by atoms with E-state index in [0.717, 1.165) is 12.8 Å². The van der Waals surface area contributed by atoms with E-state index in [-0.39, 0.29) is 25.3 Å². The van der Waals surface area contributed by atoms with Crippen molar-refractivity contribution in [3.63, 3.8) is 0 Å². The van der Waals surface area contributed by atoms with Crippen LogP contribution in [0.3, 0.4) is 0 Å². The number of thiazole rings is 1. The average Bonchev–Trinajstić information content (AvgIpc) is 3.35. The minimum absolute atomic E-state index is 0.0136. The number of urea groups is 1. The van der Waals surface area contributed by atoms with Crippen LogP contribution in [0.5, 0.6) is 0 Å². The van der Waals surface area contributed by atoms with Crippen molar-refractivity contribution in [1.29, 1.82) is 0 Å². The Kier molecular flexibility index (Phi) is 7.86. The Balaban J connectivity index is 1.24. The number of hydrogen-bond donors (Lipinski definition) is 3. The lowest BCUT2D eigenvalue weighted by Gasteiger charge is -2.27. The lowest BCUT2D eigenvalue weighted by molar-refractivity contribution is -0.139. The molecule has 2 atom stereocenters. The van der Waals surface area contributed by atoms with Crippen LogP contribution >= 0.6 is 22.7 Å². The summed E-state index contributed by atoms with van der Waals surface area (Å²) in [6.07, 6.45) is 3.51. The Morgan fingerprint density at radius 3 is 2.62 bits per heavy atom. The van der Waals surface area contributed by atoms with Gasteiger partial charge in [-0.25, -0.2) is 9.78 Å². The zero-order chi connectivity index (χ0) is 27.5. The number of carbonyl (C=O) groups excluding carboxylic acids is 4. The predicted octanol–water partition coefficient (Wildman–Crippen LogP) is 2.29. The maximum absolute atomic E-state index is 13.5. The Morgan fingerprint density at radius 1 is 1.13 bits per heavy atom. The van der Waals surface area contributed by atoms with Gasteiger partial charge in [-0.2, -0.15) is 11.3 Å². The monoisotopic (exact) mass is 569 g/mol. The molecule has 14 heteroatoms. The highest BCUT2D eigenvalue weighted by atomic mass is 32.1. The number of thiophene rings is 1. The van der Waals surface area contributed by atoms with Crippen molar-refractivity contribution in [3.8, 4) is 11.4 Å². The van der Waals surface area contributed by atoms with E-state index >= 15 is 0 Å². The highest BCUT2D eigenvalue weighted by Gasteiger charge is 2.39. The van der Waals surface area contributed by atoms with Gasteiger partial charge in [0.2, 0.25) is 0 Å². The molecule has 3 aromatic heterocycles. The molecule has 1 aliphatic carbocycles. The number of rotatable bonds is 8. The van der Waals surface area contributed by atoms with E-state index in [0.29, 0.717) is 27.6 Å². The lowest BCUT2D eigenvalue weighted by Crippen LogP contribution is -2.50. The van der Waals surface area contributed by atoms with E-state index in [2.05, 4.69) is 25.9 Å². The molecule has 39 heavy (non-hydrogen) atoms. The van der Waals surface area contributed by atoms with E-state index in [1.165, 1.54) is 38.7 Å². The smallest absolute Gasteiger partial charge is 0.317 e. The number of ether oxygens (including phenoxy) is 1. The van der Waals surface area contributed by atoms with Crippen LogP contribution in [0.1, 0.15) is 34.8 Å². The fraction of sp³-hybridized carbons (Fsp3) is 0.360. The molecule has 0 bridgehead atoms. The lowest BCUT2D eigenvalue weighted by atomic mass is 10.1. The van der Waals surface area contributed by atoms with Crippen molar-refractivity contribution >= 4 is 51.6 Å². The van der Waals surface area contributed by atoms with Crippen LogP contribution < -0.4 is 16.0 Å². The molecule has 0 radical (unpaired) electrons. The summed E-state index contributed by atoms with van der Waals surface area (Å²) in [4.78, 5) is 62.6. The third-order valence-corrected chi connectivity index (χ3v) is 7.66. The van der Waals surface area contributed by atoms with Gasteiger partial charge in [0, 0.05) is 31.7 Å². The molecule has 5 rings (SSSR count). The first-order valence-electron chi connectivity index (χ1n) is 12.2. The van der Waals surface area contributed by atoms with E-state index < -0.39 is 29.9 Å². The van der Waals surface area contributed by atoms with Gasteiger partial charge in [-0.05, 0) is 47.4 Å². The van der Waals surface area contributed by atoms with Crippen LogP contribution in [0.2, 0.25) is 0 Å². The second kappa shape index (κ2) is 11.5. The maximum atomic E-state index is 13.5. The van der Waals surface area contributed by atoms with Gasteiger partial charge in [-0.3, -0.25) is 19.4 Å². The molecular weight excluding hydrogens is 542 g/mol.